The fraction of sp³-hybridized carbons (Fsp3) is 0.321. The van der Waals surface area contributed by atoms with Crippen LogP contribution in [0.15, 0.2) is 60.9 Å². The van der Waals surface area contributed by atoms with Gasteiger partial charge in [0, 0.05) is 60.4 Å². The van der Waals surface area contributed by atoms with Crippen molar-refractivity contribution >= 4 is 45.1 Å². The van der Waals surface area contributed by atoms with Gasteiger partial charge in [-0.25, -0.2) is 9.78 Å². The summed E-state index contributed by atoms with van der Waals surface area (Å²) in [5.41, 5.74) is 2.36. The van der Waals surface area contributed by atoms with Gasteiger partial charge in [0.1, 0.15) is 5.82 Å². The fourth-order valence-corrected chi connectivity index (χ4v) is 4.12. The number of rotatable bonds is 12. The first kappa shape index (κ1) is 28.3. The highest BCUT2D eigenvalue weighted by molar-refractivity contribution is 6.30. The number of fused-ring (bicyclic) bond motifs is 3. The van der Waals surface area contributed by atoms with Crippen molar-refractivity contribution < 1.29 is 19.4 Å². The summed E-state index contributed by atoms with van der Waals surface area (Å²) < 4.78 is 10.6. The smallest absolute Gasteiger partial charge is 0.337 e. The number of hydrogen-bond acceptors (Lipinski definition) is 8. The summed E-state index contributed by atoms with van der Waals surface area (Å²) in [7, 11) is 2.37. The van der Waals surface area contributed by atoms with E-state index < -0.39 is 0 Å². The van der Waals surface area contributed by atoms with Gasteiger partial charge in [-0.05, 0) is 55.3 Å². The summed E-state index contributed by atoms with van der Waals surface area (Å²) in [6.45, 7) is 3.65. The minimum absolute atomic E-state index is 0.387. The largest absolute Gasteiger partial charge is 0.465 e. The minimum Gasteiger partial charge on any atom is -0.465 e. The van der Waals surface area contributed by atoms with Gasteiger partial charge < -0.3 is 25.2 Å². The zero-order valence-electron chi connectivity index (χ0n) is 21.2. The Morgan fingerprint density at radius 1 is 1.00 bits per heavy atom. The lowest BCUT2D eigenvalue weighted by Gasteiger charge is -2.12. The molecule has 2 aromatic carbocycles. The Kier molecular flexibility index (Phi) is 11.5. The molecule has 2 heterocycles. The molecule has 0 unspecified atom stereocenters. The number of ether oxygens (including phenoxy) is 2. The van der Waals surface area contributed by atoms with E-state index >= 15 is 0 Å². The number of nitrogens with one attached hydrogen (secondary N) is 2. The molecule has 196 valence electrons. The van der Waals surface area contributed by atoms with Gasteiger partial charge in [-0.1, -0.05) is 29.8 Å². The molecule has 0 bridgehead atoms. The van der Waals surface area contributed by atoms with Crippen molar-refractivity contribution in [2.75, 3.05) is 45.8 Å². The summed E-state index contributed by atoms with van der Waals surface area (Å²) in [5, 5.41) is 17.5. The summed E-state index contributed by atoms with van der Waals surface area (Å²) >= 11 is 6.01. The van der Waals surface area contributed by atoms with Crippen LogP contribution in [0.2, 0.25) is 5.02 Å². The Balaban J connectivity index is 0.00000186. The van der Waals surface area contributed by atoms with Crippen LogP contribution in [0.1, 0.15) is 28.8 Å². The van der Waals surface area contributed by atoms with Gasteiger partial charge in [0.15, 0.2) is 0 Å². The van der Waals surface area contributed by atoms with Gasteiger partial charge in [0.25, 0.3) is 0 Å². The third-order valence-corrected chi connectivity index (χ3v) is 5.90. The maximum absolute atomic E-state index is 11.9. The Morgan fingerprint density at radius 2 is 1.86 bits per heavy atom. The molecular formula is C28H33ClN4O4. The standard InChI is InChI=1S/C27H29ClN4O3.CH4O/c1-34-27(33)20-7-8-22-24-18-30-11-9-23(24)26(32-25(22)16-20)31-12-14-35-13-3-2-10-29-17-19-5-4-6-21(28)15-19;1-2/h4-9,11,15-16,18,29H,2-3,10,12-14,17H2,1H3,(H,31,32);2H,1H3. The number of pyridine rings is 2. The highest BCUT2D eigenvalue weighted by atomic mass is 35.5. The number of benzene rings is 2. The lowest BCUT2D eigenvalue weighted by atomic mass is 10.1. The van der Waals surface area contributed by atoms with Crippen LogP contribution in [0.25, 0.3) is 21.7 Å². The number of hydrogen-bond donors (Lipinski definition) is 3. The molecule has 4 rings (SSSR count). The molecule has 0 saturated carbocycles. The number of carbonyl (C=O) groups excluding carboxylic acids is 1. The number of esters is 1. The summed E-state index contributed by atoms with van der Waals surface area (Å²) in [6.07, 6.45) is 5.60. The van der Waals surface area contributed by atoms with Crippen LogP contribution in [-0.4, -0.2) is 61.6 Å². The molecule has 8 nitrogen and oxygen atoms in total. The molecule has 0 fully saturated rings. The molecule has 0 aliphatic carbocycles. The van der Waals surface area contributed by atoms with Gasteiger partial charge in [0.05, 0.1) is 24.8 Å². The first-order chi connectivity index (χ1) is 18.2. The molecule has 0 spiro atoms. The second-order valence-electron chi connectivity index (χ2n) is 8.16. The van der Waals surface area contributed by atoms with Gasteiger partial charge >= 0.3 is 5.97 Å². The number of aliphatic hydroxyl groups is 1. The van der Waals surface area contributed by atoms with Crippen molar-refractivity contribution in [1.82, 2.24) is 15.3 Å². The van der Waals surface area contributed by atoms with Crippen LogP contribution in [0.3, 0.4) is 0 Å². The van der Waals surface area contributed by atoms with Gasteiger partial charge in [-0.2, -0.15) is 0 Å². The van der Waals surface area contributed by atoms with Gasteiger partial charge in [-0.3, -0.25) is 4.98 Å². The first-order valence-corrected chi connectivity index (χ1v) is 12.5. The van der Waals surface area contributed by atoms with Crippen LogP contribution in [0, 0.1) is 0 Å². The molecule has 0 radical (unpaired) electrons. The predicted molar refractivity (Wildman–Crippen MR) is 148 cm³/mol. The molecule has 2 aromatic heterocycles. The third-order valence-electron chi connectivity index (χ3n) is 5.67. The van der Waals surface area contributed by atoms with Crippen molar-refractivity contribution in [3.63, 3.8) is 0 Å². The van der Waals surface area contributed by atoms with E-state index in [0.29, 0.717) is 30.8 Å². The Labute approximate surface area is 222 Å². The Hall–Kier alpha value is -3.30. The number of halogens is 1. The van der Waals surface area contributed by atoms with Crippen LogP contribution in [0.5, 0.6) is 0 Å². The molecule has 0 aliphatic heterocycles. The second-order valence-corrected chi connectivity index (χ2v) is 8.59. The molecule has 0 amide bonds. The summed E-state index contributed by atoms with van der Waals surface area (Å²) in [4.78, 5) is 21.0. The zero-order chi connectivity index (χ0) is 26.5. The molecule has 0 atom stereocenters. The van der Waals surface area contributed by atoms with Crippen molar-refractivity contribution in [2.24, 2.45) is 0 Å². The average molecular weight is 525 g/mol. The number of methoxy groups -OCH3 is 1. The zero-order valence-corrected chi connectivity index (χ0v) is 21.9. The molecule has 0 saturated heterocycles. The lowest BCUT2D eigenvalue weighted by molar-refractivity contribution is 0.0601. The molecule has 0 aliphatic rings. The average Bonchev–Trinajstić information content (AvgIpc) is 2.94. The van der Waals surface area contributed by atoms with Crippen molar-refractivity contribution in [3.05, 3.63) is 77.1 Å². The number of aromatic nitrogens is 2. The Morgan fingerprint density at radius 3 is 2.68 bits per heavy atom. The van der Waals surface area contributed by atoms with E-state index in [1.807, 2.05) is 36.5 Å². The third kappa shape index (κ3) is 8.10. The number of anilines is 1. The molecule has 9 heteroatoms. The molecule has 37 heavy (non-hydrogen) atoms. The van der Waals surface area contributed by atoms with E-state index in [0.717, 1.165) is 60.0 Å². The van der Waals surface area contributed by atoms with E-state index in [1.54, 1.807) is 18.3 Å². The SMILES string of the molecule is CO.COC(=O)c1ccc2c(c1)nc(NCCOCCCCNCc1cccc(Cl)c1)c1ccncc12. The van der Waals surface area contributed by atoms with Gasteiger partial charge in [-0.15, -0.1) is 0 Å². The summed E-state index contributed by atoms with van der Waals surface area (Å²) in [6, 6.07) is 15.2. The number of carbonyl (C=O) groups is 1. The van der Waals surface area contributed by atoms with Crippen molar-refractivity contribution in [1.29, 1.82) is 0 Å². The first-order valence-electron chi connectivity index (χ1n) is 12.1. The van der Waals surface area contributed by atoms with Crippen molar-refractivity contribution in [3.8, 4) is 0 Å². The van der Waals surface area contributed by atoms with E-state index in [1.165, 1.54) is 12.7 Å². The maximum atomic E-state index is 11.9. The minimum atomic E-state index is -0.387. The Bertz CT molecular complexity index is 1300. The van der Waals surface area contributed by atoms with E-state index in [-0.39, 0.29) is 5.97 Å². The monoisotopic (exact) mass is 524 g/mol. The maximum Gasteiger partial charge on any atom is 0.337 e. The highest BCUT2D eigenvalue weighted by Crippen LogP contribution is 2.29. The van der Waals surface area contributed by atoms with E-state index in [2.05, 4.69) is 21.7 Å². The van der Waals surface area contributed by atoms with Crippen LogP contribution >= 0.6 is 11.6 Å². The summed E-state index contributed by atoms with van der Waals surface area (Å²) in [5.74, 6) is 0.355. The topological polar surface area (TPSA) is 106 Å². The highest BCUT2D eigenvalue weighted by Gasteiger charge is 2.12. The van der Waals surface area contributed by atoms with E-state index in [4.69, 9.17) is 31.2 Å². The second kappa shape index (κ2) is 15.1. The molecule has 3 N–H and O–H groups in total. The van der Waals surface area contributed by atoms with E-state index in [9.17, 15) is 4.79 Å². The number of aliphatic hydroxyl groups excluding tert-OH is 1. The number of unbranched alkanes of at least 4 members (excludes halogenated alkanes) is 1. The quantitative estimate of drug-likeness (QED) is 0.137. The van der Waals surface area contributed by atoms with Crippen LogP contribution in [0.4, 0.5) is 5.82 Å². The molecule has 4 aromatic rings. The predicted octanol–water partition coefficient (Wildman–Crippen LogP) is 4.83. The normalized spacial score (nSPS) is 10.7. The van der Waals surface area contributed by atoms with Crippen LogP contribution < -0.4 is 10.6 Å². The lowest BCUT2D eigenvalue weighted by Crippen LogP contribution is -2.16. The van der Waals surface area contributed by atoms with Crippen LogP contribution in [-0.2, 0) is 16.0 Å². The van der Waals surface area contributed by atoms with Crippen molar-refractivity contribution in [2.45, 2.75) is 19.4 Å². The number of nitrogens with zero attached hydrogens (tertiary/aromatic N) is 2. The molecular weight excluding hydrogens is 492 g/mol. The fourth-order valence-electron chi connectivity index (χ4n) is 3.91. The van der Waals surface area contributed by atoms with Gasteiger partial charge in [0.2, 0.25) is 0 Å².